The third kappa shape index (κ3) is 3.98. The molecule has 98 valence electrons. The summed E-state index contributed by atoms with van der Waals surface area (Å²) in [5.41, 5.74) is 0. The Labute approximate surface area is 105 Å². The highest BCUT2D eigenvalue weighted by Gasteiger charge is 2.21. The summed E-state index contributed by atoms with van der Waals surface area (Å²) >= 11 is 0. The van der Waals surface area contributed by atoms with Crippen molar-refractivity contribution in [3.8, 4) is 0 Å². The van der Waals surface area contributed by atoms with Gasteiger partial charge >= 0.3 is 0 Å². The topological polar surface area (TPSA) is 32.3 Å². The van der Waals surface area contributed by atoms with Crippen LogP contribution >= 0.6 is 0 Å². The summed E-state index contributed by atoms with van der Waals surface area (Å²) in [5, 5.41) is 3.38. The van der Waals surface area contributed by atoms with E-state index in [0.717, 1.165) is 50.9 Å². The van der Waals surface area contributed by atoms with Crippen LogP contribution in [0, 0.1) is 11.8 Å². The number of nitrogens with one attached hydrogen (secondary N) is 1. The Morgan fingerprint density at radius 3 is 2.47 bits per heavy atom. The number of hydrogen-bond acceptors (Lipinski definition) is 2. The molecule has 1 amide bonds. The Morgan fingerprint density at radius 2 is 1.82 bits per heavy atom. The Morgan fingerprint density at radius 1 is 1.18 bits per heavy atom. The first kappa shape index (κ1) is 12.9. The fraction of sp³-hybridized carbons (Fsp3) is 0.929. The molecule has 0 spiro atoms. The van der Waals surface area contributed by atoms with Gasteiger partial charge in [-0.05, 0) is 57.0 Å². The second-order valence-electron chi connectivity index (χ2n) is 5.80. The van der Waals surface area contributed by atoms with Gasteiger partial charge in [-0.1, -0.05) is 6.92 Å². The summed E-state index contributed by atoms with van der Waals surface area (Å²) < 4.78 is 0. The molecule has 0 radical (unpaired) electrons. The molecule has 0 unspecified atom stereocenters. The Kier molecular flexibility index (Phi) is 4.84. The summed E-state index contributed by atoms with van der Waals surface area (Å²) in [5.74, 6) is 1.99. The molecule has 2 heterocycles. The van der Waals surface area contributed by atoms with Crippen molar-refractivity contribution in [3.05, 3.63) is 0 Å². The van der Waals surface area contributed by atoms with Crippen LogP contribution in [0.4, 0.5) is 0 Å². The van der Waals surface area contributed by atoms with Gasteiger partial charge in [0.15, 0.2) is 0 Å². The molecule has 2 saturated heterocycles. The van der Waals surface area contributed by atoms with Crippen molar-refractivity contribution in [1.29, 1.82) is 0 Å². The van der Waals surface area contributed by atoms with Crippen molar-refractivity contribution in [2.45, 2.75) is 45.4 Å². The van der Waals surface area contributed by atoms with Crippen molar-refractivity contribution in [1.82, 2.24) is 10.2 Å². The van der Waals surface area contributed by atoms with E-state index in [1.165, 1.54) is 25.7 Å². The molecule has 1 N–H and O–H groups in total. The highest BCUT2D eigenvalue weighted by Crippen LogP contribution is 2.20. The van der Waals surface area contributed by atoms with Gasteiger partial charge in [-0.2, -0.15) is 0 Å². The van der Waals surface area contributed by atoms with Crippen molar-refractivity contribution in [2.24, 2.45) is 11.8 Å². The van der Waals surface area contributed by atoms with E-state index in [-0.39, 0.29) is 0 Å². The van der Waals surface area contributed by atoms with Crippen molar-refractivity contribution in [3.63, 3.8) is 0 Å². The van der Waals surface area contributed by atoms with Crippen molar-refractivity contribution < 1.29 is 4.79 Å². The molecule has 2 fully saturated rings. The molecule has 0 aliphatic carbocycles. The number of rotatable bonds is 3. The van der Waals surface area contributed by atoms with E-state index in [1.807, 2.05) is 0 Å². The van der Waals surface area contributed by atoms with Gasteiger partial charge in [0.05, 0.1) is 0 Å². The summed E-state index contributed by atoms with van der Waals surface area (Å²) in [6.45, 7) is 6.55. The molecule has 0 aromatic carbocycles. The number of piperidine rings is 2. The summed E-state index contributed by atoms with van der Waals surface area (Å²) in [6.07, 6.45) is 6.78. The molecule has 3 nitrogen and oxygen atoms in total. The Hall–Kier alpha value is -0.570. The lowest BCUT2D eigenvalue weighted by Gasteiger charge is -2.31. The second-order valence-corrected chi connectivity index (χ2v) is 5.80. The van der Waals surface area contributed by atoms with Crippen LogP contribution in [0.2, 0.25) is 0 Å². The van der Waals surface area contributed by atoms with Crippen LogP contribution in [0.25, 0.3) is 0 Å². The Bertz CT molecular complexity index is 241. The fourth-order valence-electron chi connectivity index (χ4n) is 2.91. The number of likely N-dealkylation sites (tertiary alicyclic amines) is 1. The van der Waals surface area contributed by atoms with E-state index >= 15 is 0 Å². The van der Waals surface area contributed by atoms with E-state index in [4.69, 9.17) is 0 Å². The minimum absolute atomic E-state index is 0.399. The number of nitrogens with zero attached hydrogens (tertiary/aromatic N) is 1. The average Bonchev–Trinajstić information content (AvgIpc) is 2.38. The van der Waals surface area contributed by atoms with E-state index in [2.05, 4.69) is 17.1 Å². The monoisotopic (exact) mass is 238 g/mol. The van der Waals surface area contributed by atoms with Crippen LogP contribution in [-0.2, 0) is 4.79 Å². The smallest absolute Gasteiger partial charge is 0.222 e. The fourth-order valence-corrected chi connectivity index (χ4v) is 2.91. The minimum Gasteiger partial charge on any atom is -0.343 e. The van der Waals surface area contributed by atoms with Gasteiger partial charge in [-0.15, -0.1) is 0 Å². The van der Waals surface area contributed by atoms with Gasteiger partial charge in [0.2, 0.25) is 5.91 Å². The van der Waals surface area contributed by atoms with E-state index in [9.17, 15) is 4.79 Å². The second kappa shape index (κ2) is 6.39. The maximum absolute atomic E-state index is 12.1. The standard InChI is InChI=1S/C14H26N2O/c1-12-6-10-16(11-7-12)14(17)3-2-13-4-8-15-9-5-13/h12-13,15H,2-11H2,1H3. The zero-order chi connectivity index (χ0) is 12.1. The maximum Gasteiger partial charge on any atom is 0.222 e. The number of hydrogen-bond donors (Lipinski definition) is 1. The Balaban J connectivity index is 1.66. The first-order chi connectivity index (χ1) is 8.25. The largest absolute Gasteiger partial charge is 0.343 e. The van der Waals surface area contributed by atoms with Gasteiger partial charge in [0, 0.05) is 19.5 Å². The van der Waals surface area contributed by atoms with E-state index in [0.29, 0.717) is 5.91 Å². The van der Waals surface area contributed by atoms with Gasteiger partial charge in [0.25, 0.3) is 0 Å². The van der Waals surface area contributed by atoms with Crippen LogP contribution in [0.3, 0.4) is 0 Å². The van der Waals surface area contributed by atoms with Gasteiger partial charge in [0.1, 0.15) is 0 Å². The van der Waals surface area contributed by atoms with Crippen LogP contribution < -0.4 is 5.32 Å². The lowest BCUT2D eigenvalue weighted by atomic mass is 9.92. The SMILES string of the molecule is CC1CCN(C(=O)CCC2CCNCC2)CC1. The number of amides is 1. The molecular formula is C14H26N2O. The molecule has 17 heavy (non-hydrogen) atoms. The lowest BCUT2D eigenvalue weighted by molar-refractivity contribution is -0.132. The molecule has 0 aromatic rings. The van der Waals surface area contributed by atoms with E-state index < -0.39 is 0 Å². The van der Waals surface area contributed by atoms with Gasteiger partial charge in [-0.25, -0.2) is 0 Å². The maximum atomic E-state index is 12.1. The zero-order valence-corrected chi connectivity index (χ0v) is 11.1. The predicted molar refractivity (Wildman–Crippen MR) is 69.8 cm³/mol. The number of carbonyl (C=O) groups excluding carboxylic acids is 1. The van der Waals surface area contributed by atoms with Crippen LogP contribution in [0.1, 0.15) is 45.4 Å². The average molecular weight is 238 g/mol. The van der Waals surface area contributed by atoms with Crippen LogP contribution in [0.15, 0.2) is 0 Å². The normalized spacial score (nSPS) is 23.9. The first-order valence-electron chi connectivity index (χ1n) is 7.24. The predicted octanol–water partition coefficient (Wildman–Crippen LogP) is 2.02. The number of carbonyl (C=O) groups is 1. The summed E-state index contributed by atoms with van der Waals surface area (Å²) in [7, 11) is 0. The molecule has 2 aliphatic rings. The lowest BCUT2D eigenvalue weighted by Crippen LogP contribution is -2.38. The molecule has 3 heteroatoms. The first-order valence-corrected chi connectivity index (χ1v) is 7.24. The highest BCUT2D eigenvalue weighted by molar-refractivity contribution is 5.76. The van der Waals surface area contributed by atoms with Crippen LogP contribution in [-0.4, -0.2) is 37.0 Å². The molecule has 0 bridgehead atoms. The molecular weight excluding hydrogens is 212 g/mol. The molecule has 0 saturated carbocycles. The molecule has 0 atom stereocenters. The molecule has 0 aromatic heterocycles. The summed E-state index contributed by atoms with van der Waals surface area (Å²) in [4.78, 5) is 14.1. The molecule has 2 aliphatic heterocycles. The van der Waals surface area contributed by atoms with Crippen molar-refractivity contribution in [2.75, 3.05) is 26.2 Å². The summed E-state index contributed by atoms with van der Waals surface area (Å²) in [6, 6.07) is 0. The van der Waals surface area contributed by atoms with Crippen molar-refractivity contribution >= 4 is 5.91 Å². The highest BCUT2D eigenvalue weighted by atomic mass is 16.2. The van der Waals surface area contributed by atoms with Gasteiger partial charge in [-0.3, -0.25) is 4.79 Å². The quantitative estimate of drug-likeness (QED) is 0.816. The zero-order valence-electron chi connectivity index (χ0n) is 11.1. The third-order valence-corrected chi connectivity index (χ3v) is 4.36. The minimum atomic E-state index is 0.399. The van der Waals surface area contributed by atoms with Crippen LogP contribution in [0.5, 0.6) is 0 Å². The molecule has 2 rings (SSSR count). The van der Waals surface area contributed by atoms with Gasteiger partial charge < -0.3 is 10.2 Å². The third-order valence-electron chi connectivity index (χ3n) is 4.36. The van der Waals surface area contributed by atoms with E-state index in [1.54, 1.807) is 0 Å².